The van der Waals surface area contributed by atoms with Gasteiger partial charge in [0.15, 0.2) is 0 Å². The normalized spacial score (nSPS) is 20.3. The summed E-state index contributed by atoms with van der Waals surface area (Å²) in [5, 5.41) is 3.17. The lowest BCUT2D eigenvalue weighted by atomic mass is 9.88. The summed E-state index contributed by atoms with van der Waals surface area (Å²) in [4.78, 5) is 13.9. The van der Waals surface area contributed by atoms with Crippen LogP contribution in [0.2, 0.25) is 0 Å². The molecule has 1 amide bonds. The molecule has 0 radical (unpaired) electrons. The molecule has 4 nitrogen and oxygen atoms in total. The van der Waals surface area contributed by atoms with E-state index in [1.165, 1.54) is 30.4 Å². The van der Waals surface area contributed by atoms with Gasteiger partial charge in [-0.2, -0.15) is 0 Å². The topological polar surface area (TPSA) is 42.8 Å². The minimum Gasteiger partial charge on any atom is -0.370 e. The van der Waals surface area contributed by atoms with Gasteiger partial charge < -0.3 is 15.0 Å². The van der Waals surface area contributed by atoms with Crippen molar-refractivity contribution in [2.24, 2.45) is 5.92 Å². The summed E-state index contributed by atoms with van der Waals surface area (Å²) < 4.78 is 5.44. The number of ether oxygens (including phenoxy) is 1. The summed E-state index contributed by atoms with van der Waals surface area (Å²) in [5.74, 6) is 0.485. The Kier molecular flexibility index (Phi) is 6.06. The quantitative estimate of drug-likeness (QED) is 0.860. The third kappa shape index (κ3) is 4.79. The number of benzene rings is 1. The average molecular weight is 317 g/mol. The van der Waals surface area contributed by atoms with Gasteiger partial charge in [-0.05, 0) is 18.4 Å². The molecule has 1 aliphatic carbocycles. The Morgan fingerprint density at radius 3 is 2.52 bits per heavy atom. The molecular formula is C19H29N2O2+. The van der Waals surface area contributed by atoms with Crippen molar-refractivity contribution in [2.75, 3.05) is 26.3 Å². The molecule has 0 bridgehead atoms. The molecule has 1 saturated heterocycles. The molecule has 23 heavy (non-hydrogen) atoms. The van der Waals surface area contributed by atoms with Crippen LogP contribution in [-0.4, -0.2) is 32.2 Å². The Bertz CT molecular complexity index is 506. The van der Waals surface area contributed by atoms with Crippen molar-refractivity contribution < 1.29 is 14.4 Å². The smallest absolute Gasteiger partial charge is 0.223 e. The second-order valence-corrected chi connectivity index (χ2v) is 6.86. The Morgan fingerprint density at radius 2 is 1.78 bits per heavy atom. The van der Waals surface area contributed by atoms with Crippen LogP contribution < -0.4 is 10.2 Å². The maximum absolute atomic E-state index is 12.3. The van der Waals surface area contributed by atoms with E-state index in [-0.39, 0.29) is 11.8 Å². The predicted molar refractivity (Wildman–Crippen MR) is 90.1 cm³/mol. The number of amides is 1. The summed E-state index contributed by atoms with van der Waals surface area (Å²) in [6.45, 7) is 5.55. The first-order valence-corrected chi connectivity index (χ1v) is 9.09. The Labute approximate surface area is 139 Å². The zero-order valence-corrected chi connectivity index (χ0v) is 14.0. The SMILES string of the molecule is O=C(NCc1ccccc1C[NH+]1CCOCC1)C1CCCCC1. The zero-order valence-electron chi connectivity index (χ0n) is 14.0. The molecule has 1 aromatic rings. The van der Waals surface area contributed by atoms with E-state index in [1.807, 2.05) is 0 Å². The number of carbonyl (C=O) groups is 1. The van der Waals surface area contributed by atoms with E-state index >= 15 is 0 Å². The van der Waals surface area contributed by atoms with Gasteiger partial charge in [0, 0.05) is 18.0 Å². The van der Waals surface area contributed by atoms with E-state index in [0.717, 1.165) is 45.7 Å². The molecule has 1 heterocycles. The monoisotopic (exact) mass is 317 g/mol. The van der Waals surface area contributed by atoms with Crippen LogP contribution in [0.3, 0.4) is 0 Å². The van der Waals surface area contributed by atoms with Gasteiger partial charge in [0.05, 0.1) is 13.2 Å². The van der Waals surface area contributed by atoms with Crippen LogP contribution in [0.1, 0.15) is 43.2 Å². The van der Waals surface area contributed by atoms with Gasteiger partial charge in [-0.3, -0.25) is 4.79 Å². The summed E-state index contributed by atoms with van der Waals surface area (Å²) in [6, 6.07) is 8.52. The highest BCUT2D eigenvalue weighted by atomic mass is 16.5. The minimum atomic E-state index is 0.237. The largest absolute Gasteiger partial charge is 0.370 e. The van der Waals surface area contributed by atoms with Crippen molar-refractivity contribution in [2.45, 2.75) is 45.2 Å². The van der Waals surface area contributed by atoms with Gasteiger partial charge in [-0.1, -0.05) is 43.5 Å². The van der Waals surface area contributed by atoms with Gasteiger partial charge in [-0.15, -0.1) is 0 Å². The lowest BCUT2D eigenvalue weighted by Crippen LogP contribution is -3.12. The first-order valence-electron chi connectivity index (χ1n) is 9.09. The fraction of sp³-hybridized carbons (Fsp3) is 0.632. The van der Waals surface area contributed by atoms with Crippen LogP contribution in [0, 0.1) is 5.92 Å². The Hall–Kier alpha value is -1.39. The predicted octanol–water partition coefficient (Wildman–Crippen LogP) is 1.30. The lowest BCUT2D eigenvalue weighted by Gasteiger charge is -2.25. The van der Waals surface area contributed by atoms with Crippen molar-refractivity contribution in [3.05, 3.63) is 35.4 Å². The molecule has 2 N–H and O–H groups in total. The number of carbonyl (C=O) groups excluding carboxylic acids is 1. The summed E-state index contributed by atoms with van der Waals surface area (Å²) in [5.41, 5.74) is 2.61. The molecule has 4 heteroatoms. The molecular weight excluding hydrogens is 288 g/mol. The lowest BCUT2D eigenvalue weighted by molar-refractivity contribution is -0.921. The fourth-order valence-electron chi connectivity index (χ4n) is 3.70. The van der Waals surface area contributed by atoms with Gasteiger partial charge in [0.2, 0.25) is 5.91 Å². The van der Waals surface area contributed by atoms with Crippen LogP contribution in [0.25, 0.3) is 0 Å². The summed E-state index contributed by atoms with van der Waals surface area (Å²) in [6.07, 6.45) is 5.82. The van der Waals surface area contributed by atoms with Crippen molar-refractivity contribution in [1.29, 1.82) is 0 Å². The highest BCUT2D eigenvalue weighted by Gasteiger charge is 2.21. The van der Waals surface area contributed by atoms with Gasteiger partial charge >= 0.3 is 0 Å². The van der Waals surface area contributed by atoms with Gasteiger partial charge in [0.25, 0.3) is 0 Å². The van der Waals surface area contributed by atoms with Crippen molar-refractivity contribution >= 4 is 5.91 Å². The number of hydrogen-bond acceptors (Lipinski definition) is 2. The number of quaternary nitrogens is 1. The average Bonchev–Trinajstić information content (AvgIpc) is 2.62. The van der Waals surface area contributed by atoms with Crippen molar-refractivity contribution in [1.82, 2.24) is 5.32 Å². The summed E-state index contributed by atoms with van der Waals surface area (Å²) >= 11 is 0. The molecule has 1 saturated carbocycles. The highest BCUT2D eigenvalue weighted by Crippen LogP contribution is 2.23. The highest BCUT2D eigenvalue weighted by molar-refractivity contribution is 5.78. The van der Waals surface area contributed by atoms with Crippen LogP contribution in [0.15, 0.2) is 24.3 Å². The fourth-order valence-corrected chi connectivity index (χ4v) is 3.70. The molecule has 2 aliphatic rings. The molecule has 126 valence electrons. The standard InChI is InChI=1S/C19H28N2O2/c22-19(16-6-2-1-3-7-16)20-14-17-8-4-5-9-18(17)15-21-10-12-23-13-11-21/h4-5,8-9,16H,1-3,6-7,10-15H2,(H,20,22)/p+1. The molecule has 2 fully saturated rings. The van der Waals surface area contributed by atoms with Crippen LogP contribution >= 0.6 is 0 Å². The Balaban J connectivity index is 1.55. The number of hydrogen-bond donors (Lipinski definition) is 2. The maximum Gasteiger partial charge on any atom is 0.223 e. The third-order valence-electron chi connectivity index (χ3n) is 5.19. The molecule has 0 aromatic heterocycles. The van der Waals surface area contributed by atoms with Gasteiger partial charge in [-0.25, -0.2) is 0 Å². The van der Waals surface area contributed by atoms with E-state index in [4.69, 9.17) is 4.74 Å². The van der Waals surface area contributed by atoms with Crippen LogP contribution in [0.5, 0.6) is 0 Å². The second kappa shape index (κ2) is 8.46. The molecule has 1 aliphatic heterocycles. The van der Waals surface area contributed by atoms with E-state index in [1.54, 1.807) is 4.90 Å². The maximum atomic E-state index is 12.3. The van der Waals surface area contributed by atoms with Gasteiger partial charge in [0.1, 0.15) is 19.6 Å². The summed E-state index contributed by atoms with van der Waals surface area (Å²) in [7, 11) is 0. The van der Waals surface area contributed by atoms with Crippen molar-refractivity contribution in [3.8, 4) is 0 Å². The van der Waals surface area contributed by atoms with E-state index < -0.39 is 0 Å². The number of morpholine rings is 1. The molecule has 1 aromatic carbocycles. The molecule has 3 rings (SSSR count). The van der Waals surface area contributed by atoms with E-state index in [2.05, 4.69) is 29.6 Å². The number of nitrogens with one attached hydrogen (secondary N) is 2. The van der Waals surface area contributed by atoms with E-state index in [9.17, 15) is 4.79 Å². The second-order valence-electron chi connectivity index (χ2n) is 6.86. The first-order chi connectivity index (χ1) is 11.3. The van der Waals surface area contributed by atoms with Crippen LogP contribution in [0.4, 0.5) is 0 Å². The third-order valence-corrected chi connectivity index (χ3v) is 5.19. The van der Waals surface area contributed by atoms with Crippen molar-refractivity contribution in [3.63, 3.8) is 0 Å². The number of rotatable bonds is 5. The zero-order chi connectivity index (χ0) is 15.9. The minimum absolute atomic E-state index is 0.237. The molecule has 0 atom stereocenters. The first kappa shape index (κ1) is 16.5. The van der Waals surface area contributed by atoms with Crippen LogP contribution in [-0.2, 0) is 22.6 Å². The Morgan fingerprint density at radius 1 is 1.09 bits per heavy atom. The molecule has 0 spiro atoms. The molecule has 0 unspecified atom stereocenters. The van der Waals surface area contributed by atoms with E-state index in [0.29, 0.717) is 6.54 Å².